The molecule has 1 N–H and O–H groups in total. The molecule has 2 aromatic carbocycles. The van der Waals surface area contributed by atoms with Gasteiger partial charge in [-0.2, -0.15) is 15.0 Å². The molecule has 0 aliphatic carbocycles. The minimum absolute atomic E-state index is 0.0151. The number of morpholine rings is 1. The van der Waals surface area contributed by atoms with Gasteiger partial charge in [-0.25, -0.2) is 0 Å². The third-order valence-corrected chi connectivity index (χ3v) is 4.67. The molecule has 0 atom stereocenters. The lowest BCUT2D eigenvalue weighted by atomic mass is 10.1. The second-order valence-corrected chi connectivity index (χ2v) is 6.78. The lowest BCUT2D eigenvalue weighted by Gasteiger charge is -2.27. The number of anilines is 2. The van der Waals surface area contributed by atoms with E-state index in [-0.39, 0.29) is 12.2 Å². The Morgan fingerprint density at radius 3 is 2.34 bits per heavy atom. The first kappa shape index (κ1) is 19.0. The van der Waals surface area contributed by atoms with Crippen LogP contribution in [0.25, 0.3) is 0 Å². The molecule has 1 saturated heterocycles. The molecular weight excluding hydrogens is 366 g/mol. The summed E-state index contributed by atoms with van der Waals surface area (Å²) in [6.07, 6.45) is 0.129. The van der Waals surface area contributed by atoms with Gasteiger partial charge in [0.15, 0.2) is 5.78 Å². The summed E-state index contributed by atoms with van der Waals surface area (Å²) in [5, 5.41) is 3.26. The van der Waals surface area contributed by atoms with Gasteiger partial charge < -0.3 is 15.0 Å². The number of hydrogen-bond donors (Lipinski definition) is 1. The van der Waals surface area contributed by atoms with Crippen molar-refractivity contribution in [3.8, 4) is 0 Å². The number of rotatable bonds is 7. The van der Waals surface area contributed by atoms with Crippen molar-refractivity contribution in [1.29, 1.82) is 0 Å². The molecular formula is C22H23N5O2. The van der Waals surface area contributed by atoms with Crippen molar-refractivity contribution in [2.45, 2.75) is 13.0 Å². The Morgan fingerprint density at radius 2 is 1.62 bits per heavy atom. The highest BCUT2D eigenvalue weighted by molar-refractivity contribution is 5.97. The quantitative estimate of drug-likeness (QED) is 0.622. The molecule has 1 aliphatic heterocycles. The van der Waals surface area contributed by atoms with E-state index in [1.54, 1.807) is 12.1 Å². The fourth-order valence-electron chi connectivity index (χ4n) is 3.12. The molecule has 3 aromatic rings. The summed E-state index contributed by atoms with van der Waals surface area (Å²) in [7, 11) is 0. The highest BCUT2D eigenvalue weighted by Crippen LogP contribution is 2.15. The van der Waals surface area contributed by atoms with Crippen LogP contribution in [0.5, 0.6) is 0 Å². The first-order valence-electron chi connectivity index (χ1n) is 9.71. The van der Waals surface area contributed by atoms with Crippen LogP contribution in [0.15, 0.2) is 60.7 Å². The van der Waals surface area contributed by atoms with Crippen molar-refractivity contribution in [3.63, 3.8) is 0 Å². The monoisotopic (exact) mass is 389 g/mol. The van der Waals surface area contributed by atoms with Gasteiger partial charge in [-0.3, -0.25) is 4.79 Å². The molecule has 0 amide bonds. The van der Waals surface area contributed by atoms with E-state index in [9.17, 15) is 4.79 Å². The number of nitrogens with zero attached hydrogens (tertiary/aromatic N) is 4. The topological polar surface area (TPSA) is 80.2 Å². The van der Waals surface area contributed by atoms with E-state index in [0.717, 1.165) is 5.56 Å². The zero-order valence-corrected chi connectivity index (χ0v) is 16.1. The van der Waals surface area contributed by atoms with Crippen molar-refractivity contribution < 1.29 is 9.53 Å². The first-order valence-corrected chi connectivity index (χ1v) is 9.71. The Hall–Kier alpha value is -3.32. The van der Waals surface area contributed by atoms with Crippen LogP contribution in [0.2, 0.25) is 0 Å². The zero-order chi connectivity index (χ0) is 19.9. The fourth-order valence-corrected chi connectivity index (χ4v) is 3.12. The van der Waals surface area contributed by atoms with Crippen molar-refractivity contribution in [2.75, 3.05) is 36.5 Å². The lowest BCUT2D eigenvalue weighted by Crippen LogP contribution is -2.37. The van der Waals surface area contributed by atoms with Crippen LogP contribution < -0.4 is 10.2 Å². The van der Waals surface area contributed by atoms with E-state index in [1.807, 2.05) is 48.5 Å². The van der Waals surface area contributed by atoms with Crippen LogP contribution >= 0.6 is 0 Å². The number of Topliss-reactive ketones (excluding diaryl/α,β-unsaturated/α-hetero) is 1. The molecule has 0 unspecified atom stereocenters. The maximum absolute atomic E-state index is 12.6. The maximum Gasteiger partial charge on any atom is 0.230 e. The third kappa shape index (κ3) is 5.14. The molecule has 148 valence electrons. The second-order valence-electron chi connectivity index (χ2n) is 6.78. The van der Waals surface area contributed by atoms with Crippen LogP contribution in [0.1, 0.15) is 21.7 Å². The highest BCUT2D eigenvalue weighted by Gasteiger charge is 2.18. The van der Waals surface area contributed by atoms with Crippen LogP contribution in [-0.2, 0) is 17.7 Å². The predicted octanol–water partition coefficient (Wildman–Crippen LogP) is 2.75. The summed E-state index contributed by atoms with van der Waals surface area (Å²) in [6, 6.07) is 19.3. The van der Waals surface area contributed by atoms with Crippen LogP contribution in [-0.4, -0.2) is 47.0 Å². The van der Waals surface area contributed by atoms with Gasteiger partial charge >= 0.3 is 0 Å². The summed E-state index contributed by atoms with van der Waals surface area (Å²) >= 11 is 0. The molecule has 1 aromatic heterocycles. The molecule has 2 heterocycles. The summed E-state index contributed by atoms with van der Waals surface area (Å²) in [6.45, 7) is 3.30. The Bertz CT molecular complexity index is 944. The molecule has 7 nitrogen and oxygen atoms in total. The Balaban J connectivity index is 1.56. The van der Waals surface area contributed by atoms with E-state index in [2.05, 4.69) is 25.2 Å². The highest BCUT2D eigenvalue weighted by atomic mass is 16.5. The van der Waals surface area contributed by atoms with E-state index >= 15 is 0 Å². The number of benzene rings is 2. The molecule has 29 heavy (non-hydrogen) atoms. The minimum Gasteiger partial charge on any atom is -0.378 e. The largest absolute Gasteiger partial charge is 0.378 e. The number of carbonyl (C=O) groups is 1. The van der Waals surface area contributed by atoms with Gasteiger partial charge in [0.2, 0.25) is 11.9 Å². The molecule has 4 rings (SSSR count). The smallest absolute Gasteiger partial charge is 0.230 e. The Labute approximate surface area is 169 Å². The lowest BCUT2D eigenvalue weighted by molar-refractivity contribution is 0.0990. The first-order chi connectivity index (χ1) is 14.3. The Kier molecular flexibility index (Phi) is 6.07. The van der Waals surface area contributed by atoms with Gasteiger partial charge in [-0.15, -0.1) is 0 Å². The van der Waals surface area contributed by atoms with Gasteiger partial charge in [0, 0.05) is 25.2 Å². The van der Waals surface area contributed by atoms with Crippen LogP contribution in [0, 0.1) is 0 Å². The van der Waals surface area contributed by atoms with E-state index in [0.29, 0.717) is 56.1 Å². The summed E-state index contributed by atoms with van der Waals surface area (Å²) < 4.78 is 5.43. The van der Waals surface area contributed by atoms with E-state index < -0.39 is 0 Å². The van der Waals surface area contributed by atoms with Gasteiger partial charge in [-0.1, -0.05) is 60.7 Å². The SMILES string of the molecule is O=C(Cc1nc(NCc2ccccc2)nc(N2CCOCC2)n1)c1ccccc1. The van der Waals surface area contributed by atoms with Crippen molar-refractivity contribution in [3.05, 3.63) is 77.6 Å². The van der Waals surface area contributed by atoms with Crippen molar-refractivity contribution >= 4 is 17.7 Å². The average Bonchev–Trinajstić information content (AvgIpc) is 2.79. The molecule has 0 bridgehead atoms. The number of ketones is 1. The van der Waals surface area contributed by atoms with Crippen LogP contribution in [0.4, 0.5) is 11.9 Å². The summed E-state index contributed by atoms with van der Waals surface area (Å²) in [5.74, 6) is 1.50. The second kappa shape index (κ2) is 9.25. The Morgan fingerprint density at radius 1 is 0.931 bits per heavy atom. The number of hydrogen-bond acceptors (Lipinski definition) is 7. The molecule has 0 spiro atoms. The number of aromatic nitrogens is 3. The standard InChI is InChI=1S/C22H23N5O2/c28-19(18-9-5-2-6-10-18)15-20-24-21(23-16-17-7-3-1-4-8-17)26-22(25-20)27-11-13-29-14-12-27/h1-10H,11-16H2,(H,23,24,25,26). The molecule has 1 aliphatic rings. The molecule has 7 heteroatoms. The fraction of sp³-hybridized carbons (Fsp3) is 0.273. The molecule has 1 fully saturated rings. The summed E-state index contributed by atoms with van der Waals surface area (Å²) in [5.41, 5.74) is 1.78. The average molecular weight is 389 g/mol. The molecule has 0 saturated carbocycles. The van der Waals surface area contributed by atoms with Gasteiger partial charge in [0.1, 0.15) is 5.82 Å². The van der Waals surface area contributed by atoms with E-state index in [1.165, 1.54) is 0 Å². The van der Waals surface area contributed by atoms with Gasteiger partial charge in [-0.05, 0) is 5.56 Å². The maximum atomic E-state index is 12.6. The normalized spacial score (nSPS) is 13.9. The number of carbonyl (C=O) groups excluding carboxylic acids is 1. The predicted molar refractivity (Wildman–Crippen MR) is 111 cm³/mol. The molecule has 0 radical (unpaired) electrons. The number of nitrogens with one attached hydrogen (secondary N) is 1. The van der Waals surface area contributed by atoms with E-state index in [4.69, 9.17) is 4.74 Å². The van der Waals surface area contributed by atoms with Gasteiger partial charge in [0.25, 0.3) is 0 Å². The summed E-state index contributed by atoms with van der Waals surface area (Å²) in [4.78, 5) is 28.3. The van der Waals surface area contributed by atoms with Gasteiger partial charge in [0.05, 0.1) is 19.6 Å². The van der Waals surface area contributed by atoms with Crippen molar-refractivity contribution in [1.82, 2.24) is 15.0 Å². The number of ether oxygens (including phenoxy) is 1. The third-order valence-electron chi connectivity index (χ3n) is 4.67. The zero-order valence-electron chi connectivity index (χ0n) is 16.1. The van der Waals surface area contributed by atoms with Crippen molar-refractivity contribution in [2.24, 2.45) is 0 Å². The van der Waals surface area contributed by atoms with Crippen LogP contribution in [0.3, 0.4) is 0 Å². The minimum atomic E-state index is -0.0151.